The molecule has 1 aliphatic heterocycles. The summed E-state index contributed by atoms with van der Waals surface area (Å²) in [5.41, 5.74) is 0.709. The number of hydrogen-bond acceptors (Lipinski definition) is 3. The van der Waals surface area contributed by atoms with E-state index in [1.165, 1.54) is 6.07 Å². The fourth-order valence-electron chi connectivity index (χ4n) is 2.13. The van der Waals surface area contributed by atoms with Crippen molar-refractivity contribution in [3.63, 3.8) is 0 Å². The first-order chi connectivity index (χ1) is 9.15. The molecule has 0 saturated carbocycles. The Morgan fingerprint density at radius 3 is 2.84 bits per heavy atom. The van der Waals surface area contributed by atoms with Crippen LogP contribution in [0.5, 0.6) is 0 Å². The van der Waals surface area contributed by atoms with Gasteiger partial charge in [0.15, 0.2) is 11.6 Å². The normalized spacial score (nSPS) is 13.8. The number of halogens is 2. The van der Waals surface area contributed by atoms with E-state index in [0.717, 1.165) is 25.1 Å². The molecule has 3 rings (SSSR count). The van der Waals surface area contributed by atoms with Crippen molar-refractivity contribution in [1.29, 1.82) is 0 Å². The average Bonchev–Trinajstić information content (AvgIpc) is 2.42. The molecule has 0 unspecified atom stereocenters. The standard InChI is InChI=1S/C13H11F2N3O/c14-9-4-3-7(6-10(9)15)11-17-12-8(13(19)18-11)2-1-5-16-12/h3-4,6H,1-2,5H2,(H2,16,17,18,19). The number of nitrogens with one attached hydrogen (secondary N) is 2. The van der Waals surface area contributed by atoms with Gasteiger partial charge < -0.3 is 10.3 Å². The van der Waals surface area contributed by atoms with Crippen LogP contribution in [-0.2, 0) is 6.42 Å². The van der Waals surface area contributed by atoms with Crippen molar-refractivity contribution in [2.75, 3.05) is 11.9 Å². The number of H-pyrrole nitrogens is 1. The van der Waals surface area contributed by atoms with Gasteiger partial charge in [-0.25, -0.2) is 13.8 Å². The molecule has 4 nitrogen and oxygen atoms in total. The van der Waals surface area contributed by atoms with Crippen molar-refractivity contribution in [3.05, 3.63) is 45.8 Å². The minimum Gasteiger partial charge on any atom is -0.370 e. The van der Waals surface area contributed by atoms with Gasteiger partial charge in [-0.2, -0.15) is 0 Å². The van der Waals surface area contributed by atoms with Crippen LogP contribution in [0.25, 0.3) is 11.4 Å². The second kappa shape index (κ2) is 4.46. The largest absolute Gasteiger partial charge is 0.370 e. The number of nitrogens with zero attached hydrogens (tertiary/aromatic N) is 1. The molecule has 98 valence electrons. The Hall–Kier alpha value is -2.24. The van der Waals surface area contributed by atoms with Crippen LogP contribution >= 0.6 is 0 Å². The first kappa shape index (κ1) is 11.8. The second-order valence-corrected chi connectivity index (χ2v) is 4.40. The van der Waals surface area contributed by atoms with Crippen LogP contribution < -0.4 is 10.9 Å². The molecule has 6 heteroatoms. The molecule has 2 aromatic rings. The van der Waals surface area contributed by atoms with Crippen molar-refractivity contribution >= 4 is 5.82 Å². The van der Waals surface area contributed by atoms with Crippen LogP contribution in [0.2, 0.25) is 0 Å². The molecule has 2 N–H and O–H groups in total. The lowest BCUT2D eigenvalue weighted by Crippen LogP contribution is -2.24. The van der Waals surface area contributed by atoms with E-state index < -0.39 is 11.6 Å². The lowest BCUT2D eigenvalue weighted by atomic mass is 10.1. The summed E-state index contributed by atoms with van der Waals surface area (Å²) < 4.78 is 26.1. The maximum absolute atomic E-state index is 13.2. The molecule has 2 heterocycles. The van der Waals surface area contributed by atoms with Crippen molar-refractivity contribution < 1.29 is 8.78 Å². The maximum Gasteiger partial charge on any atom is 0.256 e. The third-order valence-corrected chi connectivity index (χ3v) is 3.10. The van der Waals surface area contributed by atoms with Gasteiger partial charge in [0.1, 0.15) is 11.6 Å². The highest BCUT2D eigenvalue weighted by molar-refractivity contribution is 5.59. The van der Waals surface area contributed by atoms with Gasteiger partial charge in [-0.05, 0) is 31.0 Å². The quantitative estimate of drug-likeness (QED) is 0.828. The Morgan fingerprint density at radius 1 is 1.21 bits per heavy atom. The minimum absolute atomic E-state index is 0.233. The van der Waals surface area contributed by atoms with Crippen molar-refractivity contribution in [2.24, 2.45) is 0 Å². The average molecular weight is 263 g/mol. The van der Waals surface area contributed by atoms with Crippen molar-refractivity contribution in [2.45, 2.75) is 12.8 Å². The summed E-state index contributed by atoms with van der Waals surface area (Å²) in [5.74, 6) is -1.14. The Morgan fingerprint density at radius 2 is 2.05 bits per heavy atom. The predicted molar refractivity (Wildman–Crippen MR) is 67.0 cm³/mol. The van der Waals surface area contributed by atoms with Crippen LogP contribution in [0, 0.1) is 11.6 Å². The number of rotatable bonds is 1. The number of hydrogen-bond donors (Lipinski definition) is 2. The monoisotopic (exact) mass is 263 g/mol. The van der Waals surface area contributed by atoms with E-state index in [1.54, 1.807) is 0 Å². The Bertz CT molecular complexity index is 697. The summed E-state index contributed by atoms with van der Waals surface area (Å²) in [6, 6.07) is 3.41. The van der Waals surface area contributed by atoms with Gasteiger partial charge >= 0.3 is 0 Å². The van der Waals surface area contributed by atoms with Crippen LogP contribution in [0.4, 0.5) is 14.6 Å². The molecule has 0 bridgehead atoms. The Balaban J connectivity index is 2.12. The lowest BCUT2D eigenvalue weighted by Gasteiger charge is -2.16. The molecule has 1 aliphatic rings. The molecule has 0 saturated heterocycles. The number of aromatic amines is 1. The molecule has 1 aromatic carbocycles. The smallest absolute Gasteiger partial charge is 0.256 e. The molecule has 0 fully saturated rings. The summed E-state index contributed by atoms with van der Waals surface area (Å²) in [7, 11) is 0. The first-order valence-corrected chi connectivity index (χ1v) is 5.97. The predicted octanol–water partition coefficient (Wildman–Crippen LogP) is 2.07. The van der Waals surface area contributed by atoms with Crippen molar-refractivity contribution in [3.8, 4) is 11.4 Å². The molecule has 0 aliphatic carbocycles. The maximum atomic E-state index is 13.2. The molecule has 0 spiro atoms. The molecule has 1 aromatic heterocycles. The fourth-order valence-corrected chi connectivity index (χ4v) is 2.13. The number of anilines is 1. The van der Waals surface area contributed by atoms with Gasteiger partial charge in [0.25, 0.3) is 5.56 Å². The second-order valence-electron chi connectivity index (χ2n) is 4.40. The van der Waals surface area contributed by atoms with E-state index in [4.69, 9.17) is 0 Å². The van der Waals surface area contributed by atoms with Crippen molar-refractivity contribution in [1.82, 2.24) is 9.97 Å². The van der Waals surface area contributed by atoms with E-state index >= 15 is 0 Å². The minimum atomic E-state index is -0.967. The van der Waals surface area contributed by atoms with Crippen LogP contribution in [0.3, 0.4) is 0 Å². The van der Waals surface area contributed by atoms with E-state index in [9.17, 15) is 13.6 Å². The van der Waals surface area contributed by atoms with Crippen LogP contribution in [0.1, 0.15) is 12.0 Å². The number of aromatic nitrogens is 2. The first-order valence-electron chi connectivity index (χ1n) is 5.97. The van der Waals surface area contributed by atoms with E-state index in [2.05, 4.69) is 15.3 Å². The van der Waals surface area contributed by atoms with Gasteiger partial charge in [0, 0.05) is 12.1 Å². The van der Waals surface area contributed by atoms with Gasteiger partial charge in [0.2, 0.25) is 0 Å². The summed E-state index contributed by atoms with van der Waals surface area (Å²) >= 11 is 0. The van der Waals surface area contributed by atoms with E-state index in [1.807, 2.05) is 0 Å². The van der Waals surface area contributed by atoms with Gasteiger partial charge in [0.05, 0.1) is 5.56 Å². The van der Waals surface area contributed by atoms with Gasteiger partial charge in [-0.1, -0.05) is 0 Å². The summed E-state index contributed by atoms with van der Waals surface area (Å²) in [6.45, 7) is 0.751. The highest BCUT2D eigenvalue weighted by atomic mass is 19.2. The lowest BCUT2D eigenvalue weighted by molar-refractivity contribution is 0.509. The molecular weight excluding hydrogens is 252 g/mol. The zero-order valence-corrected chi connectivity index (χ0v) is 9.96. The SMILES string of the molecule is O=c1[nH]c(-c2ccc(F)c(F)c2)nc2c1CCCN2. The van der Waals surface area contributed by atoms with Crippen LogP contribution in [-0.4, -0.2) is 16.5 Å². The molecule has 19 heavy (non-hydrogen) atoms. The Labute approximate surface area is 107 Å². The number of fused-ring (bicyclic) bond motifs is 1. The van der Waals surface area contributed by atoms with Crippen LogP contribution in [0.15, 0.2) is 23.0 Å². The van der Waals surface area contributed by atoms with E-state index in [-0.39, 0.29) is 11.4 Å². The highest BCUT2D eigenvalue weighted by Crippen LogP contribution is 2.21. The zero-order chi connectivity index (χ0) is 13.4. The molecule has 0 radical (unpaired) electrons. The fraction of sp³-hybridized carbons (Fsp3) is 0.231. The molecule has 0 amide bonds. The summed E-state index contributed by atoms with van der Waals surface area (Å²) in [4.78, 5) is 18.8. The summed E-state index contributed by atoms with van der Waals surface area (Å²) in [6.07, 6.45) is 1.55. The Kier molecular flexibility index (Phi) is 2.77. The van der Waals surface area contributed by atoms with E-state index in [0.29, 0.717) is 23.4 Å². The number of benzene rings is 1. The zero-order valence-electron chi connectivity index (χ0n) is 9.96. The third kappa shape index (κ3) is 2.09. The highest BCUT2D eigenvalue weighted by Gasteiger charge is 2.16. The molecular formula is C13H11F2N3O. The molecule has 0 atom stereocenters. The van der Waals surface area contributed by atoms with Gasteiger partial charge in [-0.3, -0.25) is 4.79 Å². The van der Waals surface area contributed by atoms with Gasteiger partial charge in [-0.15, -0.1) is 0 Å². The third-order valence-electron chi connectivity index (χ3n) is 3.10. The topological polar surface area (TPSA) is 57.8 Å². The summed E-state index contributed by atoms with van der Waals surface area (Å²) in [5, 5.41) is 3.04.